The van der Waals surface area contributed by atoms with E-state index in [0.717, 1.165) is 0 Å². The third-order valence-electron chi connectivity index (χ3n) is 2.00. The summed E-state index contributed by atoms with van der Waals surface area (Å²) in [4.78, 5) is 23.2. The molecule has 0 unspecified atom stereocenters. The third kappa shape index (κ3) is 4.99. The monoisotopic (exact) mass is 266 g/mol. The number of aromatic nitrogens is 2. The molecule has 1 atom stereocenters. The summed E-state index contributed by atoms with van der Waals surface area (Å²) in [6.07, 6.45) is 3.10. The van der Waals surface area contributed by atoms with Crippen LogP contribution in [0.15, 0.2) is 22.6 Å². The molecule has 0 spiro atoms. The van der Waals surface area contributed by atoms with Gasteiger partial charge < -0.3 is 4.74 Å². The summed E-state index contributed by atoms with van der Waals surface area (Å²) in [5.74, 6) is -1.12. The Labute approximate surface area is 111 Å². The number of hydrogen-bond acceptors (Lipinski definition) is 6. The predicted molar refractivity (Wildman–Crippen MR) is 68.0 cm³/mol. The van der Waals surface area contributed by atoms with Gasteiger partial charge in [0.25, 0.3) is 0 Å². The van der Waals surface area contributed by atoms with Gasteiger partial charge in [0.2, 0.25) is 6.04 Å². The standard InChI is InChI=1S/C12H18N4O3/c1-8(17)10(11(18)19-12(2,3)4)15-14-9-6-13-16(5)7-9/h6-7,10H,1-5H3/t10-/m0/s1. The SMILES string of the molecule is CC(=O)[C@H](N=Nc1cnn(C)c1)C(=O)OC(C)(C)C. The summed E-state index contributed by atoms with van der Waals surface area (Å²) < 4.78 is 6.67. The number of carbonyl (C=O) groups excluding carboxylic acids is 2. The average molecular weight is 266 g/mol. The zero-order valence-corrected chi connectivity index (χ0v) is 11.7. The molecule has 0 bridgehead atoms. The molecule has 0 amide bonds. The Morgan fingerprint density at radius 1 is 1.42 bits per heavy atom. The summed E-state index contributed by atoms with van der Waals surface area (Å²) >= 11 is 0. The number of azo groups is 1. The second-order valence-corrected chi connectivity index (χ2v) is 5.13. The minimum absolute atomic E-state index is 0.415. The Balaban J connectivity index is 2.81. The maximum absolute atomic E-state index is 11.8. The van der Waals surface area contributed by atoms with Crippen LogP contribution in [-0.4, -0.2) is 33.2 Å². The molecule has 1 heterocycles. The number of Topliss-reactive ketones (excluding diaryl/α,β-unsaturated/α-hetero) is 1. The second kappa shape index (κ2) is 5.73. The molecule has 0 N–H and O–H groups in total. The number of hydrogen-bond donors (Lipinski definition) is 0. The molecule has 1 rings (SSSR count). The van der Waals surface area contributed by atoms with E-state index >= 15 is 0 Å². The van der Waals surface area contributed by atoms with Crippen molar-refractivity contribution in [3.8, 4) is 0 Å². The Kier molecular flexibility index (Phi) is 4.52. The lowest BCUT2D eigenvalue weighted by atomic mass is 10.1. The fraction of sp³-hybridized carbons (Fsp3) is 0.583. The van der Waals surface area contributed by atoms with E-state index in [1.54, 1.807) is 38.7 Å². The molecule has 0 aromatic carbocycles. The highest BCUT2D eigenvalue weighted by Crippen LogP contribution is 2.14. The molecule has 19 heavy (non-hydrogen) atoms. The molecule has 7 nitrogen and oxygen atoms in total. The van der Waals surface area contributed by atoms with Crippen molar-refractivity contribution in [3.05, 3.63) is 12.4 Å². The van der Waals surface area contributed by atoms with Gasteiger partial charge in [-0.15, -0.1) is 0 Å². The summed E-state index contributed by atoms with van der Waals surface area (Å²) in [6.45, 7) is 6.44. The average Bonchev–Trinajstić information content (AvgIpc) is 2.61. The highest BCUT2D eigenvalue weighted by molar-refractivity contribution is 6.02. The van der Waals surface area contributed by atoms with Gasteiger partial charge in [-0.1, -0.05) is 0 Å². The van der Waals surface area contributed by atoms with Crippen molar-refractivity contribution in [1.82, 2.24) is 9.78 Å². The van der Waals surface area contributed by atoms with Crippen LogP contribution in [-0.2, 0) is 21.4 Å². The summed E-state index contributed by atoms with van der Waals surface area (Å²) in [5.41, 5.74) is -0.202. The molecule has 104 valence electrons. The van der Waals surface area contributed by atoms with E-state index in [4.69, 9.17) is 4.74 Å². The molecule has 0 aliphatic carbocycles. The van der Waals surface area contributed by atoms with Gasteiger partial charge in [-0.25, -0.2) is 4.79 Å². The van der Waals surface area contributed by atoms with E-state index in [1.807, 2.05) is 0 Å². The van der Waals surface area contributed by atoms with E-state index < -0.39 is 23.4 Å². The van der Waals surface area contributed by atoms with Gasteiger partial charge in [-0.05, 0) is 27.7 Å². The Hall–Kier alpha value is -2.05. The van der Waals surface area contributed by atoms with Crippen molar-refractivity contribution >= 4 is 17.4 Å². The number of esters is 1. The quantitative estimate of drug-likeness (QED) is 0.472. The number of nitrogens with zero attached hydrogens (tertiary/aromatic N) is 4. The van der Waals surface area contributed by atoms with E-state index in [0.29, 0.717) is 5.69 Å². The van der Waals surface area contributed by atoms with Crippen molar-refractivity contribution in [3.63, 3.8) is 0 Å². The van der Waals surface area contributed by atoms with Crippen LogP contribution in [0.2, 0.25) is 0 Å². The van der Waals surface area contributed by atoms with E-state index in [1.165, 1.54) is 13.1 Å². The maximum atomic E-state index is 11.8. The lowest BCUT2D eigenvalue weighted by Crippen LogP contribution is -2.34. The van der Waals surface area contributed by atoms with Gasteiger partial charge in [-0.3, -0.25) is 9.48 Å². The summed E-state index contributed by atoms with van der Waals surface area (Å²) in [5, 5.41) is 11.5. The van der Waals surface area contributed by atoms with Crippen molar-refractivity contribution < 1.29 is 14.3 Å². The molecular formula is C12H18N4O3. The summed E-state index contributed by atoms with van der Waals surface area (Å²) in [7, 11) is 1.73. The molecule has 1 aromatic heterocycles. The first kappa shape index (κ1) is 15.0. The molecular weight excluding hydrogens is 248 g/mol. The molecule has 0 saturated heterocycles. The third-order valence-corrected chi connectivity index (χ3v) is 2.00. The lowest BCUT2D eigenvalue weighted by Gasteiger charge is -2.20. The predicted octanol–water partition coefficient (Wildman–Crippen LogP) is 1.80. The van der Waals surface area contributed by atoms with Crippen LogP contribution >= 0.6 is 0 Å². The van der Waals surface area contributed by atoms with E-state index in [9.17, 15) is 9.59 Å². The van der Waals surface area contributed by atoms with Crippen LogP contribution in [0.4, 0.5) is 5.69 Å². The normalized spacial score (nSPS) is 13.5. The van der Waals surface area contributed by atoms with Crippen LogP contribution < -0.4 is 0 Å². The highest BCUT2D eigenvalue weighted by Gasteiger charge is 2.28. The minimum atomic E-state index is -1.24. The van der Waals surface area contributed by atoms with Crippen LogP contribution in [0, 0.1) is 0 Å². The zero-order valence-electron chi connectivity index (χ0n) is 11.7. The molecule has 0 aliphatic rings. The van der Waals surface area contributed by atoms with E-state index in [2.05, 4.69) is 15.3 Å². The summed E-state index contributed by atoms with van der Waals surface area (Å²) in [6, 6.07) is -1.24. The Morgan fingerprint density at radius 3 is 2.47 bits per heavy atom. The number of ketones is 1. The van der Waals surface area contributed by atoms with Gasteiger partial charge in [0.15, 0.2) is 5.78 Å². The minimum Gasteiger partial charge on any atom is -0.458 e. The molecule has 0 saturated carbocycles. The lowest BCUT2D eigenvalue weighted by molar-refractivity contribution is -0.157. The molecule has 0 radical (unpaired) electrons. The fourth-order valence-electron chi connectivity index (χ4n) is 1.24. The van der Waals surface area contributed by atoms with Gasteiger partial charge in [0.05, 0.1) is 12.4 Å². The van der Waals surface area contributed by atoms with Crippen molar-refractivity contribution in [2.45, 2.75) is 39.3 Å². The van der Waals surface area contributed by atoms with Crippen molar-refractivity contribution in [2.75, 3.05) is 0 Å². The van der Waals surface area contributed by atoms with Crippen LogP contribution in [0.5, 0.6) is 0 Å². The van der Waals surface area contributed by atoms with Crippen LogP contribution in [0.1, 0.15) is 27.7 Å². The number of ether oxygens (including phenoxy) is 1. The van der Waals surface area contributed by atoms with Gasteiger partial charge in [0.1, 0.15) is 11.3 Å². The number of aryl methyl sites for hydroxylation is 1. The topological polar surface area (TPSA) is 85.9 Å². The van der Waals surface area contributed by atoms with Crippen LogP contribution in [0.25, 0.3) is 0 Å². The van der Waals surface area contributed by atoms with Crippen molar-refractivity contribution in [2.24, 2.45) is 17.3 Å². The molecule has 0 fully saturated rings. The Morgan fingerprint density at radius 2 is 2.05 bits per heavy atom. The molecule has 1 aromatic rings. The highest BCUT2D eigenvalue weighted by atomic mass is 16.6. The first-order valence-corrected chi connectivity index (χ1v) is 5.82. The first-order chi connectivity index (χ1) is 8.69. The number of carbonyl (C=O) groups is 2. The molecule has 7 heteroatoms. The largest absolute Gasteiger partial charge is 0.458 e. The van der Waals surface area contributed by atoms with Crippen molar-refractivity contribution in [1.29, 1.82) is 0 Å². The van der Waals surface area contributed by atoms with Gasteiger partial charge in [-0.2, -0.15) is 15.3 Å². The van der Waals surface area contributed by atoms with Crippen LogP contribution in [0.3, 0.4) is 0 Å². The van der Waals surface area contributed by atoms with Gasteiger partial charge in [0, 0.05) is 7.05 Å². The molecule has 0 aliphatic heterocycles. The first-order valence-electron chi connectivity index (χ1n) is 5.82. The fourth-order valence-corrected chi connectivity index (χ4v) is 1.24. The Bertz CT molecular complexity index is 499. The van der Waals surface area contributed by atoms with E-state index in [-0.39, 0.29) is 0 Å². The zero-order chi connectivity index (χ0) is 14.6. The second-order valence-electron chi connectivity index (χ2n) is 5.13. The maximum Gasteiger partial charge on any atom is 0.341 e. The van der Waals surface area contributed by atoms with Gasteiger partial charge >= 0.3 is 5.97 Å². The number of rotatable bonds is 4. The smallest absolute Gasteiger partial charge is 0.341 e.